The molecule has 1 N–H and O–H groups in total. The molecule has 2 saturated heterocycles. The fraction of sp³-hybridized carbons (Fsp3) is 0.714. The maximum absolute atomic E-state index is 9.26. The molecule has 1 unspecified atom stereocenters. The van der Waals surface area contributed by atoms with Gasteiger partial charge in [0.05, 0.1) is 13.2 Å². The number of likely N-dealkylation sites (tertiary alicyclic amines) is 1. The first kappa shape index (κ1) is 26.9. The molecule has 32 heavy (non-hydrogen) atoms. The van der Waals surface area contributed by atoms with Gasteiger partial charge in [0, 0.05) is 31.4 Å². The molecule has 0 aromatic heterocycles. The van der Waals surface area contributed by atoms with Crippen LogP contribution in [-0.4, -0.2) is 62.0 Å². The topological polar surface area (TPSA) is 35.9 Å². The van der Waals surface area contributed by atoms with E-state index in [2.05, 4.69) is 67.8 Å². The normalized spacial score (nSPS) is 19.2. The van der Waals surface area contributed by atoms with Gasteiger partial charge in [-0.2, -0.15) is 0 Å². The van der Waals surface area contributed by atoms with Crippen LogP contribution in [0, 0.1) is 5.92 Å². The zero-order valence-corrected chi connectivity index (χ0v) is 21.6. The number of nitrogens with zero attached hydrogens (tertiary/aromatic N) is 2. The highest BCUT2D eigenvalue weighted by Crippen LogP contribution is 2.34. The summed E-state index contributed by atoms with van der Waals surface area (Å²) in [6.07, 6.45) is 6.97. The highest BCUT2D eigenvalue weighted by Gasteiger charge is 2.30. The van der Waals surface area contributed by atoms with E-state index in [0.29, 0.717) is 18.6 Å². The number of hydrogen-bond donors (Lipinski definition) is 1. The summed E-state index contributed by atoms with van der Waals surface area (Å²) in [6.45, 7) is 19.5. The number of ether oxygens (including phenoxy) is 1. The summed E-state index contributed by atoms with van der Waals surface area (Å²) in [4.78, 5) is 5.09. The molecule has 1 atom stereocenters. The Morgan fingerprint density at radius 1 is 1.06 bits per heavy atom. The Morgan fingerprint density at radius 3 is 2.19 bits per heavy atom. The number of hydrogen-bond acceptors (Lipinski definition) is 4. The Bertz CT molecular complexity index is 665. The molecule has 0 aliphatic carbocycles. The molecule has 1 aromatic carbocycles. The van der Waals surface area contributed by atoms with E-state index in [1.165, 1.54) is 29.7 Å². The Morgan fingerprint density at radius 2 is 1.66 bits per heavy atom. The number of aliphatic hydroxyl groups is 1. The van der Waals surface area contributed by atoms with Crippen LogP contribution >= 0.6 is 0 Å². The number of aliphatic hydroxyl groups excluding tert-OH is 1. The van der Waals surface area contributed by atoms with E-state index < -0.39 is 0 Å². The van der Waals surface area contributed by atoms with Gasteiger partial charge in [0.1, 0.15) is 0 Å². The summed E-state index contributed by atoms with van der Waals surface area (Å²) < 4.78 is 5.49. The zero-order valence-electron chi connectivity index (χ0n) is 21.6. The second-order valence-corrected chi connectivity index (χ2v) is 10.0. The first-order chi connectivity index (χ1) is 15.4. The molecule has 2 aliphatic heterocycles. The van der Waals surface area contributed by atoms with Gasteiger partial charge >= 0.3 is 0 Å². The average molecular weight is 445 g/mol. The van der Waals surface area contributed by atoms with Crippen LogP contribution in [0.5, 0.6) is 0 Å². The smallest absolute Gasteiger partial charge is 0.0642 e. The van der Waals surface area contributed by atoms with Gasteiger partial charge in [-0.3, -0.25) is 4.90 Å². The molecule has 4 heteroatoms. The van der Waals surface area contributed by atoms with E-state index in [0.717, 1.165) is 52.2 Å². The molecule has 182 valence electrons. The molecule has 4 nitrogen and oxygen atoms in total. The third-order valence-corrected chi connectivity index (χ3v) is 6.93. The van der Waals surface area contributed by atoms with Crippen molar-refractivity contribution in [3.63, 3.8) is 0 Å². The average Bonchev–Trinajstić information content (AvgIpc) is 2.81. The SMILES string of the molecule is CC.CC(C)=CC(CC(C)(C)c1ccc(N2CCOCC2)cc1)N1CCC(CCO)CC1. The van der Waals surface area contributed by atoms with Crippen LogP contribution in [0.3, 0.4) is 0 Å². The molecule has 0 bridgehead atoms. The van der Waals surface area contributed by atoms with E-state index in [1.807, 2.05) is 13.8 Å². The summed E-state index contributed by atoms with van der Waals surface area (Å²) in [5, 5.41) is 9.26. The standard InChI is InChI=1S/C26H42N2O2.C2H6/c1-21(2)19-25(27-12-9-22(10-13-27)11-16-29)20-26(3,4)23-5-7-24(8-6-23)28-14-17-30-18-15-28;1-2/h5-8,19,22,25,29H,9-18,20H2,1-4H3;1-2H3. The van der Waals surface area contributed by atoms with Crippen LogP contribution in [0.25, 0.3) is 0 Å². The minimum atomic E-state index is 0.113. The minimum Gasteiger partial charge on any atom is -0.396 e. The molecule has 2 aliphatic rings. The van der Waals surface area contributed by atoms with Crippen molar-refractivity contribution in [1.82, 2.24) is 4.90 Å². The first-order valence-corrected chi connectivity index (χ1v) is 12.8. The molecule has 2 heterocycles. The van der Waals surface area contributed by atoms with E-state index in [1.54, 1.807) is 0 Å². The van der Waals surface area contributed by atoms with Gasteiger partial charge in [-0.05, 0) is 81.6 Å². The summed E-state index contributed by atoms with van der Waals surface area (Å²) in [6, 6.07) is 9.71. The van der Waals surface area contributed by atoms with Gasteiger partial charge in [0.2, 0.25) is 0 Å². The molecule has 3 rings (SSSR count). The van der Waals surface area contributed by atoms with E-state index in [-0.39, 0.29) is 5.41 Å². The molecule has 0 radical (unpaired) electrons. The molecule has 0 amide bonds. The second-order valence-electron chi connectivity index (χ2n) is 10.0. The predicted molar refractivity (Wildman–Crippen MR) is 138 cm³/mol. The number of anilines is 1. The number of allylic oxidation sites excluding steroid dienone is 1. The van der Waals surface area contributed by atoms with Crippen LogP contribution in [0.4, 0.5) is 5.69 Å². The van der Waals surface area contributed by atoms with Crippen molar-refractivity contribution < 1.29 is 9.84 Å². The summed E-state index contributed by atoms with van der Waals surface area (Å²) in [7, 11) is 0. The molecule has 1 aromatic rings. The second kappa shape index (κ2) is 13.4. The summed E-state index contributed by atoms with van der Waals surface area (Å²) in [5.74, 6) is 0.694. The zero-order chi connectivity index (χ0) is 23.6. The van der Waals surface area contributed by atoms with Crippen molar-refractivity contribution in [3.8, 4) is 0 Å². The Labute approximate surface area is 197 Å². The van der Waals surface area contributed by atoms with Crippen molar-refractivity contribution in [2.24, 2.45) is 5.92 Å². The van der Waals surface area contributed by atoms with Crippen molar-refractivity contribution in [3.05, 3.63) is 41.5 Å². The molecule has 0 saturated carbocycles. The molecular formula is C28H48N2O2. The lowest BCUT2D eigenvalue weighted by atomic mass is 9.78. The molecule has 2 fully saturated rings. The predicted octanol–water partition coefficient (Wildman–Crippen LogP) is 5.65. The quantitative estimate of drug-likeness (QED) is 0.526. The largest absolute Gasteiger partial charge is 0.396 e. The summed E-state index contributed by atoms with van der Waals surface area (Å²) in [5.41, 5.74) is 4.24. The van der Waals surface area contributed by atoms with Crippen LogP contribution in [0.1, 0.15) is 72.8 Å². The lowest BCUT2D eigenvalue weighted by molar-refractivity contribution is 0.122. The number of piperidine rings is 1. The Hall–Kier alpha value is -1.36. The van der Waals surface area contributed by atoms with Gasteiger partial charge in [0.25, 0.3) is 0 Å². The van der Waals surface area contributed by atoms with Crippen molar-refractivity contribution in [2.45, 2.75) is 78.7 Å². The monoisotopic (exact) mass is 444 g/mol. The highest BCUT2D eigenvalue weighted by atomic mass is 16.5. The highest BCUT2D eigenvalue weighted by molar-refractivity contribution is 5.49. The van der Waals surface area contributed by atoms with Gasteiger partial charge in [-0.25, -0.2) is 0 Å². The van der Waals surface area contributed by atoms with Crippen LogP contribution in [-0.2, 0) is 10.2 Å². The fourth-order valence-corrected chi connectivity index (χ4v) is 5.02. The van der Waals surface area contributed by atoms with E-state index in [4.69, 9.17) is 4.74 Å². The third kappa shape index (κ3) is 7.90. The van der Waals surface area contributed by atoms with Gasteiger partial charge < -0.3 is 14.7 Å². The maximum atomic E-state index is 9.26. The van der Waals surface area contributed by atoms with Crippen molar-refractivity contribution in [1.29, 1.82) is 0 Å². The van der Waals surface area contributed by atoms with Crippen LogP contribution in [0.15, 0.2) is 35.9 Å². The van der Waals surface area contributed by atoms with E-state index >= 15 is 0 Å². The minimum absolute atomic E-state index is 0.113. The maximum Gasteiger partial charge on any atom is 0.0642 e. The van der Waals surface area contributed by atoms with E-state index in [9.17, 15) is 5.11 Å². The van der Waals surface area contributed by atoms with Gasteiger partial charge in [-0.15, -0.1) is 0 Å². The molecule has 0 spiro atoms. The Kier molecular flexibility index (Phi) is 11.2. The van der Waals surface area contributed by atoms with Crippen molar-refractivity contribution >= 4 is 5.69 Å². The number of morpholine rings is 1. The molecular weight excluding hydrogens is 396 g/mol. The lowest BCUT2D eigenvalue weighted by Gasteiger charge is -2.40. The number of rotatable bonds is 8. The fourth-order valence-electron chi connectivity index (χ4n) is 5.02. The van der Waals surface area contributed by atoms with Gasteiger partial charge in [-0.1, -0.05) is 51.5 Å². The third-order valence-electron chi connectivity index (χ3n) is 6.93. The lowest BCUT2D eigenvalue weighted by Crippen LogP contribution is -2.43. The van der Waals surface area contributed by atoms with Crippen molar-refractivity contribution in [2.75, 3.05) is 50.9 Å². The van der Waals surface area contributed by atoms with Crippen LogP contribution < -0.4 is 4.90 Å². The van der Waals surface area contributed by atoms with Gasteiger partial charge in [0.15, 0.2) is 0 Å². The number of benzene rings is 1. The van der Waals surface area contributed by atoms with Crippen LogP contribution in [0.2, 0.25) is 0 Å². The Balaban J connectivity index is 0.00000176. The summed E-state index contributed by atoms with van der Waals surface area (Å²) >= 11 is 0. The first-order valence-electron chi connectivity index (χ1n) is 12.8.